The second kappa shape index (κ2) is 8.08. The summed E-state index contributed by atoms with van der Waals surface area (Å²) in [5.74, 6) is 0.969. The van der Waals surface area contributed by atoms with Gasteiger partial charge in [-0.05, 0) is 49.2 Å². The van der Waals surface area contributed by atoms with Crippen LogP contribution < -0.4 is 5.32 Å². The molecular weight excluding hydrogens is 264 g/mol. The molecule has 0 amide bonds. The van der Waals surface area contributed by atoms with E-state index < -0.39 is 0 Å². The first kappa shape index (κ1) is 15.1. The molecule has 1 aromatic carbocycles. The topological polar surface area (TPSA) is 24.9 Å². The van der Waals surface area contributed by atoms with E-state index in [1.165, 1.54) is 22.4 Å². The number of nitrogens with zero attached hydrogens (tertiary/aromatic N) is 1. The van der Waals surface area contributed by atoms with Crippen molar-refractivity contribution in [1.29, 1.82) is 0 Å². The van der Waals surface area contributed by atoms with E-state index in [-0.39, 0.29) is 0 Å². The standard InChI is InChI=1S/C17H22N2S/c1-3-10-19-14(2)16-6-8-17(9-7-16)20-13-15-5-4-11-18-12-15/h4-9,11-12,14,19H,3,10,13H2,1-2H3. The van der Waals surface area contributed by atoms with Crippen LogP contribution in [0, 0.1) is 0 Å². The van der Waals surface area contributed by atoms with Crippen LogP contribution >= 0.6 is 11.8 Å². The van der Waals surface area contributed by atoms with Gasteiger partial charge >= 0.3 is 0 Å². The molecule has 1 aromatic heterocycles. The Labute approximate surface area is 126 Å². The number of hydrogen-bond donors (Lipinski definition) is 1. The van der Waals surface area contributed by atoms with Gasteiger partial charge in [0.25, 0.3) is 0 Å². The maximum atomic E-state index is 4.14. The van der Waals surface area contributed by atoms with Crippen LogP contribution in [0.15, 0.2) is 53.7 Å². The average Bonchev–Trinajstić information content (AvgIpc) is 2.52. The van der Waals surface area contributed by atoms with Crippen LogP contribution in [0.2, 0.25) is 0 Å². The first-order valence-corrected chi connectivity index (χ1v) is 8.13. The van der Waals surface area contributed by atoms with Crippen LogP contribution in [0.4, 0.5) is 0 Å². The first-order valence-electron chi connectivity index (χ1n) is 7.14. The molecule has 0 radical (unpaired) electrons. The number of rotatable bonds is 7. The molecule has 1 unspecified atom stereocenters. The highest BCUT2D eigenvalue weighted by atomic mass is 32.2. The van der Waals surface area contributed by atoms with Gasteiger partial charge < -0.3 is 5.32 Å². The monoisotopic (exact) mass is 286 g/mol. The van der Waals surface area contributed by atoms with Crippen LogP contribution in [0.25, 0.3) is 0 Å². The van der Waals surface area contributed by atoms with E-state index in [2.05, 4.69) is 54.5 Å². The summed E-state index contributed by atoms with van der Waals surface area (Å²) in [4.78, 5) is 5.45. The third kappa shape index (κ3) is 4.66. The second-order valence-electron chi connectivity index (χ2n) is 4.89. The molecule has 1 N–H and O–H groups in total. The minimum atomic E-state index is 0.423. The van der Waals surface area contributed by atoms with E-state index in [0.29, 0.717) is 6.04 Å². The smallest absolute Gasteiger partial charge is 0.0308 e. The Morgan fingerprint density at radius 1 is 1.20 bits per heavy atom. The maximum Gasteiger partial charge on any atom is 0.0308 e. The van der Waals surface area contributed by atoms with E-state index in [1.807, 2.05) is 30.2 Å². The average molecular weight is 286 g/mol. The summed E-state index contributed by atoms with van der Waals surface area (Å²) in [5.41, 5.74) is 2.61. The number of pyridine rings is 1. The summed E-state index contributed by atoms with van der Waals surface area (Å²) < 4.78 is 0. The Bertz CT molecular complexity index is 496. The number of benzene rings is 1. The molecule has 0 fully saturated rings. The lowest BCUT2D eigenvalue weighted by Gasteiger charge is -2.14. The summed E-state index contributed by atoms with van der Waals surface area (Å²) >= 11 is 1.85. The highest BCUT2D eigenvalue weighted by Crippen LogP contribution is 2.24. The molecule has 0 saturated carbocycles. The van der Waals surface area contributed by atoms with E-state index in [0.717, 1.165) is 12.3 Å². The minimum absolute atomic E-state index is 0.423. The minimum Gasteiger partial charge on any atom is -0.310 e. The van der Waals surface area contributed by atoms with E-state index >= 15 is 0 Å². The number of hydrogen-bond acceptors (Lipinski definition) is 3. The van der Waals surface area contributed by atoms with Gasteiger partial charge in [0.2, 0.25) is 0 Å². The van der Waals surface area contributed by atoms with Gasteiger partial charge in [-0.2, -0.15) is 0 Å². The van der Waals surface area contributed by atoms with Gasteiger partial charge in [0.05, 0.1) is 0 Å². The third-order valence-electron chi connectivity index (χ3n) is 3.21. The molecule has 0 spiro atoms. The lowest BCUT2D eigenvalue weighted by Crippen LogP contribution is -2.19. The van der Waals surface area contributed by atoms with Crippen molar-refractivity contribution < 1.29 is 0 Å². The SMILES string of the molecule is CCCNC(C)c1ccc(SCc2cccnc2)cc1. The molecule has 0 aliphatic rings. The molecule has 20 heavy (non-hydrogen) atoms. The zero-order valence-corrected chi connectivity index (χ0v) is 13.0. The molecule has 0 saturated heterocycles. The van der Waals surface area contributed by atoms with Crippen molar-refractivity contribution in [1.82, 2.24) is 10.3 Å². The second-order valence-corrected chi connectivity index (χ2v) is 5.94. The molecule has 106 valence electrons. The Morgan fingerprint density at radius 2 is 2.00 bits per heavy atom. The van der Waals surface area contributed by atoms with Crippen LogP contribution in [0.1, 0.15) is 37.4 Å². The lowest BCUT2D eigenvalue weighted by molar-refractivity contribution is 0.570. The van der Waals surface area contributed by atoms with Gasteiger partial charge in [-0.3, -0.25) is 4.98 Å². The van der Waals surface area contributed by atoms with E-state index in [1.54, 1.807) is 0 Å². The van der Waals surface area contributed by atoms with Crippen LogP contribution in [-0.2, 0) is 5.75 Å². The highest BCUT2D eigenvalue weighted by molar-refractivity contribution is 7.98. The number of aromatic nitrogens is 1. The number of nitrogens with one attached hydrogen (secondary N) is 1. The van der Waals surface area contributed by atoms with Gasteiger partial charge in [-0.25, -0.2) is 0 Å². The molecule has 1 atom stereocenters. The van der Waals surface area contributed by atoms with Gasteiger partial charge in [-0.1, -0.05) is 25.1 Å². The van der Waals surface area contributed by atoms with Crippen molar-refractivity contribution in [3.63, 3.8) is 0 Å². The van der Waals surface area contributed by atoms with Crippen LogP contribution in [-0.4, -0.2) is 11.5 Å². The van der Waals surface area contributed by atoms with Crippen molar-refractivity contribution in [3.05, 3.63) is 59.9 Å². The van der Waals surface area contributed by atoms with E-state index in [4.69, 9.17) is 0 Å². The zero-order chi connectivity index (χ0) is 14.2. The molecule has 2 aromatic rings. The summed E-state index contributed by atoms with van der Waals surface area (Å²) in [6, 6.07) is 13.4. The van der Waals surface area contributed by atoms with E-state index in [9.17, 15) is 0 Å². The highest BCUT2D eigenvalue weighted by Gasteiger charge is 2.04. The predicted molar refractivity (Wildman–Crippen MR) is 86.9 cm³/mol. The lowest BCUT2D eigenvalue weighted by atomic mass is 10.1. The molecule has 0 aliphatic heterocycles. The normalized spacial score (nSPS) is 12.3. The van der Waals surface area contributed by atoms with Gasteiger partial charge in [-0.15, -0.1) is 11.8 Å². The van der Waals surface area contributed by atoms with Crippen LogP contribution in [0.3, 0.4) is 0 Å². The number of thioether (sulfide) groups is 1. The Kier molecular flexibility index (Phi) is 6.09. The van der Waals surface area contributed by atoms with Crippen molar-refractivity contribution in [2.45, 2.75) is 37.0 Å². The van der Waals surface area contributed by atoms with Gasteiger partial charge in [0, 0.05) is 29.1 Å². The maximum absolute atomic E-state index is 4.14. The fourth-order valence-corrected chi connectivity index (χ4v) is 2.81. The Morgan fingerprint density at radius 3 is 2.65 bits per heavy atom. The molecule has 0 bridgehead atoms. The summed E-state index contributed by atoms with van der Waals surface area (Å²) in [6.07, 6.45) is 4.91. The van der Waals surface area contributed by atoms with Gasteiger partial charge in [0.1, 0.15) is 0 Å². The molecule has 1 heterocycles. The Balaban J connectivity index is 1.88. The van der Waals surface area contributed by atoms with Crippen molar-refractivity contribution in [3.8, 4) is 0 Å². The van der Waals surface area contributed by atoms with Crippen molar-refractivity contribution in [2.24, 2.45) is 0 Å². The molecule has 3 heteroatoms. The third-order valence-corrected chi connectivity index (χ3v) is 4.29. The molecule has 2 nitrogen and oxygen atoms in total. The van der Waals surface area contributed by atoms with Crippen molar-refractivity contribution in [2.75, 3.05) is 6.54 Å². The fraction of sp³-hybridized carbons (Fsp3) is 0.353. The predicted octanol–water partition coefficient (Wildman–Crippen LogP) is 4.43. The molecular formula is C17H22N2S. The summed E-state index contributed by atoms with van der Waals surface area (Å²) in [5, 5.41) is 3.51. The quantitative estimate of drug-likeness (QED) is 0.762. The largest absolute Gasteiger partial charge is 0.310 e. The Hall–Kier alpha value is -1.32. The van der Waals surface area contributed by atoms with Gasteiger partial charge in [0.15, 0.2) is 0 Å². The summed E-state index contributed by atoms with van der Waals surface area (Å²) in [7, 11) is 0. The van der Waals surface area contributed by atoms with Crippen molar-refractivity contribution >= 4 is 11.8 Å². The van der Waals surface area contributed by atoms with Crippen LogP contribution in [0.5, 0.6) is 0 Å². The molecule has 0 aliphatic carbocycles. The fourth-order valence-electron chi connectivity index (χ4n) is 1.98. The molecule has 2 rings (SSSR count). The first-order chi connectivity index (χ1) is 9.79. The summed E-state index contributed by atoms with van der Waals surface area (Å²) in [6.45, 7) is 5.48. The zero-order valence-electron chi connectivity index (χ0n) is 12.2.